The number of hydrogen-bond donors (Lipinski definition) is 1. The molecule has 2 heteroatoms. The van der Waals surface area contributed by atoms with Gasteiger partial charge in [-0.15, -0.1) is 0 Å². The molecule has 0 fully saturated rings. The first-order valence-corrected chi connectivity index (χ1v) is 9.18. The van der Waals surface area contributed by atoms with Crippen LogP contribution in [0.25, 0.3) is 0 Å². The second kappa shape index (κ2) is 14.5. The van der Waals surface area contributed by atoms with E-state index in [1.165, 1.54) is 11.1 Å². The number of halogens is 1. The van der Waals surface area contributed by atoms with E-state index in [9.17, 15) is 4.39 Å². The Kier molecular flexibility index (Phi) is 14.8. The largest absolute Gasteiger partial charge is 0.397 e. The van der Waals surface area contributed by atoms with Crippen molar-refractivity contribution in [2.75, 3.05) is 13.8 Å². The third-order valence-electron chi connectivity index (χ3n) is 3.22. The van der Waals surface area contributed by atoms with E-state index in [2.05, 4.69) is 102 Å². The summed E-state index contributed by atoms with van der Waals surface area (Å²) in [5.41, 5.74) is 3.53. The van der Waals surface area contributed by atoms with Crippen LogP contribution in [-0.4, -0.2) is 18.9 Å². The zero-order valence-electron chi connectivity index (χ0n) is 18.0. The summed E-state index contributed by atoms with van der Waals surface area (Å²) in [5, 5.41) is 7.57. The third kappa shape index (κ3) is 15.8. The summed E-state index contributed by atoms with van der Waals surface area (Å²) in [5.74, 6) is 0. The van der Waals surface area contributed by atoms with Crippen LogP contribution in [0.2, 0.25) is 0 Å². The second-order valence-electron chi connectivity index (χ2n) is 8.16. The van der Waals surface area contributed by atoms with Gasteiger partial charge in [-0.3, -0.25) is 4.39 Å². The second-order valence-corrected chi connectivity index (χ2v) is 8.16. The summed E-state index contributed by atoms with van der Waals surface area (Å²) in [6.45, 7) is 15.4. The van der Waals surface area contributed by atoms with E-state index in [0.717, 1.165) is 6.42 Å². The van der Waals surface area contributed by atoms with Crippen LogP contribution in [0.1, 0.15) is 59.6 Å². The van der Waals surface area contributed by atoms with Crippen molar-refractivity contribution in [3.8, 4) is 0 Å². The van der Waals surface area contributed by atoms with E-state index in [4.69, 9.17) is 5.11 Å². The van der Waals surface area contributed by atoms with Crippen molar-refractivity contribution in [2.24, 2.45) is 5.41 Å². The molecule has 0 heterocycles. The molecule has 26 heavy (non-hydrogen) atoms. The Bertz CT molecular complexity index is 522. The Balaban J connectivity index is 0. The number of alkyl halides is 1. The average molecular weight is 363 g/mol. The van der Waals surface area contributed by atoms with Crippen molar-refractivity contribution in [3.05, 3.63) is 71.8 Å². The molecule has 0 saturated carbocycles. The molecule has 0 spiro atoms. The fourth-order valence-electron chi connectivity index (χ4n) is 2.15. The maximum absolute atomic E-state index is 9.50. The summed E-state index contributed by atoms with van der Waals surface area (Å²) in [4.78, 5) is 0. The van der Waals surface area contributed by atoms with Gasteiger partial charge < -0.3 is 5.11 Å². The molecular formula is C24H39FO. The Labute approximate surface area is 161 Å². The predicted molar refractivity (Wildman–Crippen MR) is 115 cm³/mol. The summed E-state index contributed by atoms with van der Waals surface area (Å²) >= 11 is 0. The molecular weight excluding hydrogens is 323 g/mol. The molecule has 2 aromatic rings. The van der Waals surface area contributed by atoms with Crippen molar-refractivity contribution in [1.29, 1.82) is 0 Å². The van der Waals surface area contributed by atoms with Gasteiger partial charge in [-0.1, -0.05) is 102 Å². The van der Waals surface area contributed by atoms with Gasteiger partial charge in [0.25, 0.3) is 0 Å². The van der Waals surface area contributed by atoms with Gasteiger partial charge in [-0.25, -0.2) is 0 Å². The third-order valence-corrected chi connectivity index (χ3v) is 3.22. The smallest absolute Gasteiger partial charge is 0.0785 e. The molecule has 0 aromatic heterocycles. The van der Waals surface area contributed by atoms with Crippen LogP contribution in [0, 0.1) is 5.41 Å². The highest BCUT2D eigenvalue weighted by Gasteiger charge is 2.11. The van der Waals surface area contributed by atoms with E-state index in [1.54, 1.807) is 6.92 Å². The van der Waals surface area contributed by atoms with Gasteiger partial charge >= 0.3 is 0 Å². The first kappa shape index (κ1) is 26.6. The number of aliphatic hydroxyl groups excluding tert-OH is 1. The minimum Gasteiger partial charge on any atom is -0.397 e. The highest BCUT2D eigenvalue weighted by molar-refractivity contribution is 5.22. The quantitative estimate of drug-likeness (QED) is 0.588. The monoisotopic (exact) mass is 362 g/mol. The SMILES string of the molecule is CC(C)(C)Cc1ccccc1.CC(C)(C)c1ccccc1.CCO.CF. The first-order chi connectivity index (χ1) is 12.1. The zero-order chi connectivity index (χ0) is 20.6. The summed E-state index contributed by atoms with van der Waals surface area (Å²) in [6.07, 6.45) is 1.16. The van der Waals surface area contributed by atoms with Gasteiger partial charge in [0.1, 0.15) is 0 Å². The van der Waals surface area contributed by atoms with Crippen LogP contribution in [0.5, 0.6) is 0 Å². The average Bonchev–Trinajstić information content (AvgIpc) is 2.57. The maximum atomic E-state index is 9.50. The molecule has 0 saturated heterocycles. The van der Waals surface area contributed by atoms with Crippen LogP contribution in [0.4, 0.5) is 4.39 Å². The fourth-order valence-corrected chi connectivity index (χ4v) is 2.15. The van der Waals surface area contributed by atoms with E-state index < -0.39 is 0 Å². The molecule has 0 aliphatic carbocycles. The molecule has 1 N–H and O–H groups in total. The number of hydrogen-bond acceptors (Lipinski definition) is 1. The molecule has 0 aliphatic rings. The van der Waals surface area contributed by atoms with E-state index >= 15 is 0 Å². The van der Waals surface area contributed by atoms with Gasteiger partial charge in [-0.2, -0.15) is 0 Å². The standard InChI is InChI=1S/C11H16.C10H14.C2H6O.CH3F/c1-11(2,3)9-10-7-5-4-6-8-10;1-10(2,3)9-7-5-4-6-8-9;1-2-3;1-2/h4-8H,9H2,1-3H3;4-8H,1-3H3;3H,2H2,1H3;1H3. The normalized spacial score (nSPS) is 10.2. The lowest BCUT2D eigenvalue weighted by Crippen LogP contribution is -2.10. The highest BCUT2D eigenvalue weighted by Crippen LogP contribution is 2.21. The van der Waals surface area contributed by atoms with E-state index in [-0.39, 0.29) is 6.61 Å². The number of benzene rings is 2. The molecule has 148 valence electrons. The van der Waals surface area contributed by atoms with Gasteiger partial charge in [0.05, 0.1) is 7.18 Å². The molecule has 2 aromatic carbocycles. The van der Waals surface area contributed by atoms with Crippen molar-refractivity contribution in [3.63, 3.8) is 0 Å². The van der Waals surface area contributed by atoms with Crippen molar-refractivity contribution < 1.29 is 9.50 Å². The minimum atomic E-state index is 0.250. The fraction of sp³-hybridized carbons (Fsp3) is 0.500. The van der Waals surface area contributed by atoms with Crippen LogP contribution in [0.15, 0.2) is 60.7 Å². The van der Waals surface area contributed by atoms with Crippen molar-refractivity contribution in [2.45, 2.75) is 60.3 Å². The zero-order valence-corrected chi connectivity index (χ0v) is 18.0. The van der Waals surface area contributed by atoms with Gasteiger partial charge in [0.15, 0.2) is 0 Å². The first-order valence-electron chi connectivity index (χ1n) is 9.18. The lowest BCUT2D eigenvalue weighted by atomic mass is 9.87. The predicted octanol–water partition coefficient (Wildman–Crippen LogP) is 6.84. The summed E-state index contributed by atoms with van der Waals surface area (Å²) in [7, 11) is 0.500. The van der Waals surface area contributed by atoms with Gasteiger partial charge in [-0.05, 0) is 35.3 Å². The Morgan fingerprint density at radius 2 is 1.08 bits per heavy atom. The molecule has 0 radical (unpaired) electrons. The molecule has 1 nitrogen and oxygen atoms in total. The topological polar surface area (TPSA) is 20.2 Å². The Morgan fingerprint density at radius 1 is 0.731 bits per heavy atom. The minimum absolute atomic E-state index is 0.250. The highest BCUT2D eigenvalue weighted by atomic mass is 19.1. The summed E-state index contributed by atoms with van der Waals surface area (Å²) < 4.78 is 9.50. The molecule has 2 rings (SSSR count). The number of aliphatic hydroxyl groups is 1. The lowest BCUT2D eigenvalue weighted by molar-refractivity contribution is 0.318. The van der Waals surface area contributed by atoms with Crippen molar-refractivity contribution in [1.82, 2.24) is 0 Å². The molecule has 0 amide bonds. The molecule has 0 atom stereocenters. The van der Waals surface area contributed by atoms with E-state index in [1.807, 2.05) is 0 Å². The van der Waals surface area contributed by atoms with Crippen molar-refractivity contribution >= 4 is 0 Å². The molecule has 0 bridgehead atoms. The Morgan fingerprint density at radius 3 is 1.35 bits per heavy atom. The Hall–Kier alpha value is -1.67. The summed E-state index contributed by atoms with van der Waals surface area (Å²) in [6, 6.07) is 21.2. The molecule has 0 unspecified atom stereocenters. The van der Waals surface area contributed by atoms with Gasteiger partial charge in [0, 0.05) is 6.61 Å². The van der Waals surface area contributed by atoms with Crippen LogP contribution in [-0.2, 0) is 11.8 Å². The van der Waals surface area contributed by atoms with Crippen LogP contribution < -0.4 is 0 Å². The van der Waals surface area contributed by atoms with E-state index in [0.29, 0.717) is 18.0 Å². The lowest BCUT2D eigenvalue weighted by Gasteiger charge is -2.18. The van der Waals surface area contributed by atoms with Crippen LogP contribution >= 0.6 is 0 Å². The van der Waals surface area contributed by atoms with Crippen LogP contribution in [0.3, 0.4) is 0 Å². The number of rotatable bonds is 1. The van der Waals surface area contributed by atoms with Gasteiger partial charge in [0.2, 0.25) is 0 Å². The maximum Gasteiger partial charge on any atom is 0.0785 e. The molecule has 0 aliphatic heterocycles.